The zero-order valence-electron chi connectivity index (χ0n) is 11.4. The first-order valence-corrected chi connectivity index (χ1v) is 6.65. The van der Waals surface area contributed by atoms with Crippen molar-refractivity contribution in [1.82, 2.24) is 5.32 Å². The van der Waals surface area contributed by atoms with E-state index in [1.54, 1.807) is 0 Å². The van der Waals surface area contributed by atoms with Gasteiger partial charge >= 0.3 is 0 Å². The van der Waals surface area contributed by atoms with Crippen molar-refractivity contribution in [2.75, 3.05) is 18.4 Å². The van der Waals surface area contributed by atoms with Crippen molar-refractivity contribution in [2.45, 2.75) is 6.42 Å². The van der Waals surface area contributed by atoms with E-state index in [1.165, 1.54) is 6.07 Å². The van der Waals surface area contributed by atoms with E-state index in [0.29, 0.717) is 6.54 Å². The van der Waals surface area contributed by atoms with Crippen LogP contribution in [0.25, 0.3) is 0 Å². The van der Waals surface area contributed by atoms with Gasteiger partial charge in [0.1, 0.15) is 11.6 Å². The number of benzene rings is 2. The first-order chi connectivity index (χ1) is 10.1. The number of nitrogens with one attached hydrogen (secondary N) is 2. The van der Waals surface area contributed by atoms with Gasteiger partial charge in [0.15, 0.2) is 0 Å². The van der Waals surface area contributed by atoms with Crippen molar-refractivity contribution < 1.29 is 13.6 Å². The summed E-state index contributed by atoms with van der Waals surface area (Å²) < 4.78 is 26.1. The molecular formula is C16H16F2N2O. The molecule has 0 aromatic heterocycles. The van der Waals surface area contributed by atoms with Gasteiger partial charge < -0.3 is 10.6 Å². The largest absolute Gasteiger partial charge is 0.374 e. The Kier molecular flexibility index (Phi) is 5.26. The Bertz CT molecular complexity index is 602. The highest BCUT2D eigenvalue weighted by Gasteiger charge is 2.05. The van der Waals surface area contributed by atoms with E-state index in [4.69, 9.17) is 0 Å². The number of carbonyl (C=O) groups is 1. The molecule has 0 aliphatic rings. The molecule has 0 bridgehead atoms. The first kappa shape index (κ1) is 15.0. The molecule has 0 radical (unpaired) electrons. The van der Waals surface area contributed by atoms with Crippen LogP contribution in [0.4, 0.5) is 14.5 Å². The van der Waals surface area contributed by atoms with Gasteiger partial charge in [0, 0.05) is 12.6 Å². The Morgan fingerprint density at radius 2 is 1.81 bits per heavy atom. The second-order valence-corrected chi connectivity index (χ2v) is 4.56. The highest BCUT2D eigenvalue weighted by molar-refractivity contribution is 5.80. The summed E-state index contributed by atoms with van der Waals surface area (Å²) >= 11 is 0. The summed E-state index contributed by atoms with van der Waals surface area (Å²) in [4.78, 5) is 11.6. The monoisotopic (exact) mass is 290 g/mol. The number of amides is 1. The van der Waals surface area contributed by atoms with Crippen molar-refractivity contribution in [3.63, 3.8) is 0 Å². The lowest BCUT2D eigenvalue weighted by Gasteiger charge is -2.08. The van der Waals surface area contributed by atoms with Crippen molar-refractivity contribution in [3.8, 4) is 0 Å². The average Bonchev–Trinajstić information content (AvgIpc) is 2.47. The fourth-order valence-electron chi connectivity index (χ4n) is 1.86. The molecule has 0 heterocycles. The van der Waals surface area contributed by atoms with Gasteiger partial charge in [-0.25, -0.2) is 8.78 Å². The quantitative estimate of drug-likeness (QED) is 0.859. The molecular weight excluding hydrogens is 274 g/mol. The summed E-state index contributed by atoms with van der Waals surface area (Å²) in [5, 5.41) is 5.37. The fraction of sp³-hybridized carbons (Fsp3) is 0.188. The lowest BCUT2D eigenvalue weighted by Crippen LogP contribution is -2.31. The average molecular weight is 290 g/mol. The Balaban J connectivity index is 1.72. The zero-order chi connectivity index (χ0) is 15.1. The van der Waals surface area contributed by atoms with Crippen LogP contribution >= 0.6 is 0 Å². The third kappa shape index (κ3) is 4.87. The molecule has 0 fully saturated rings. The molecule has 0 aliphatic heterocycles. The summed E-state index contributed by atoms with van der Waals surface area (Å²) in [6, 6.07) is 13.0. The van der Waals surface area contributed by atoms with Crippen LogP contribution in [0.1, 0.15) is 5.56 Å². The number of hydrogen-bond acceptors (Lipinski definition) is 2. The van der Waals surface area contributed by atoms with Crippen LogP contribution in [0, 0.1) is 11.6 Å². The maximum Gasteiger partial charge on any atom is 0.239 e. The lowest BCUT2D eigenvalue weighted by atomic mass is 10.1. The van der Waals surface area contributed by atoms with Crippen LogP contribution in [0.15, 0.2) is 48.5 Å². The van der Waals surface area contributed by atoms with E-state index in [-0.39, 0.29) is 18.1 Å². The number of hydrogen-bond donors (Lipinski definition) is 2. The molecule has 3 nitrogen and oxygen atoms in total. The second kappa shape index (κ2) is 7.38. The summed E-state index contributed by atoms with van der Waals surface area (Å²) in [5.74, 6) is -1.60. The highest BCUT2D eigenvalue weighted by atomic mass is 19.1. The molecule has 0 saturated heterocycles. The molecule has 2 aromatic carbocycles. The maximum absolute atomic E-state index is 13.3. The Labute approximate surface area is 122 Å². The van der Waals surface area contributed by atoms with Crippen LogP contribution in [0.3, 0.4) is 0 Å². The van der Waals surface area contributed by atoms with E-state index in [1.807, 2.05) is 30.3 Å². The Morgan fingerprint density at radius 3 is 2.52 bits per heavy atom. The van der Waals surface area contributed by atoms with Crippen molar-refractivity contribution in [2.24, 2.45) is 0 Å². The van der Waals surface area contributed by atoms with Gasteiger partial charge in [-0.05, 0) is 24.1 Å². The SMILES string of the molecule is O=C(CNc1ccc(F)cc1F)NCCc1ccccc1. The minimum absolute atomic E-state index is 0.0582. The summed E-state index contributed by atoms with van der Waals surface area (Å²) in [5.41, 5.74) is 1.24. The summed E-state index contributed by atoms with van der Waals surface area (Å²) in [6.07, 6.45) is 0.734. The van der Waals surface area contributed by atoms with Gasteiger partial charge in [0.25, 0.3) is 0 Å². The molecule has 0 spiro atoms. The molecule has 2 N–H and O–H groups in total. The fourth-order valence-corrected chi connectivity index (χ4v) is 1.86. The van der Waals surface area contributed by atoms with Gasteiger partial charge in [-0.2, -0.15) is 0 Å². The molecule has 0 aliphatic carbocycles. The van der Waals surface area contributed by atoms with Gasteiger partial charge in [0.2, 0.25) is 5.91 Å². The Morgan fingerprint density at radius 1 is 1.05 bits per heavy atom. The predicted molar refractivity (Wildman–Crippen MR) is 78.0 cm³/mol. The van der Waals surface area contributed by atoms with Gasteiger partial charge in [-0.3, -0.25) is 4.79 Å². The Hall–Kier alpha value is -2.43. The molecule has 110 valence electrons. The normalized spacial score (nSPS) is 10.2. The number of carbonyl (C=O) groups excluding carboxylic acids is 1. The van der Waals surface area contributed by atoms with Crippen LogP contribution in [0.5, 0.6) is 0 Å². The van der Waals surface area contributed by atoms with Crippen molar-refractivity contribution in [1.29, 1.82) is 0 Å². The number of anilines is 1. The van der Waals surface area contributed by atoms with Crippen LogP contribution in [-0.2, 0) is 11.2 Å². The smallest absolute Gasteiger partial charge is 0.239 e. The number of halogens is 2. The third-order valence-corrected chi connectivity index (χ3v) is 2.95. The van der Waals surface area contributed by atoms with Crippen molar-refractivity contribution in [3.05, 3.63) is 65.7 Å². The van der Waals surface area contributed by atoms with Gasteiger partial charge in [0.05, 0.1) is 12.2 Å². The topological polar surface area (TPSA) is 41.1 Å². The third-order valence-electron chi connectivity index (χ3n) is 2.95. The van der Waals surface area contributed by atoms with Crippen LogP contribution < -0.4 is 10.6 Å². The predicted octanol–water partition coefficient (Wildman–Crippen LogP) is 2.74. The highest BCUT2D eigenvalue weighted by Crippen LogP contribution is 2.14. The lowest BCUT2D eigenvalue weighted by molar-refractivity contribution is -0.119. The number of rotatable bonds is 6. The maximum atomic E-state index is 13.3. The molecule has 21 heavy (non-hydrogen) atoms. The molecule has 0 atom stereocenters. The van der Waals surface area contributed by atoms with Crippen molar-refractivity contribution >= 4 is 11.6 Å². The second-order valence-electron chi connectivity index (χ2n) is 4.56. The van der Waals surface area contributed by atoms with E-state index < -0.39 is 11.6 Å². The molecule has 5 heteroatoms. The summed E-state index contributed by atoms with van der Waals surface area (Å²) in [7, 11) is 0. The van der Waals surface area contributed by atoms with E-state index in [0.717, 1.165) is 24.1 Å². The zero-order valence-corrected chi connectivity index (χ0v) is 11.4. The van der Waals surface area contributed by atoms with E-state index in [2.05, 4.69) is 10.6 Å². The molecule has 0 saturated carbocycles. The minimum Gasteiger partial charge on any atom is -0.374 e. The summed E-state index contributed by atoms with van der Waals surface area (Å²) in [6.45, 7) is 0.452. The van der Waals surface area contributed by atoms with Crippen LogP contribution in [-0.4, -0.2) is 19.0 Å². The standard InChI is InChI=1S/C16H16F2N2O/c17-13-6-7-15(14(18)10-13)20-11-16(21)19-9-8-12-4-2-1-3-5-12/h1-7,10,20H,8-9,11H2,(H,19,21). The molecule has 2 rings (SSSR count). The van der Waals surface area contributed by atoms with Crippen LogP contribution in [0.2, 0.25) is 0 Å². The molecule has 2 aromatic rings. The van der Waals surface area contributed by atoms with E-state index in [9.17, 15) is 13.6 Å². The molecule has 0 unspecified atom stereocenters. The van der Waals surface area contributed by atoms with Gasteiger partial charge in [-0.1, -0.05) is 30.3 Å². The van der Waals surface area contributed by atoms with E-state index >= 15 is 0 Å². The van der Waals surface area contributed by atoms with Gasteiger partial charge in [-0.15, -0.1) is 0 Å². The first-order valence-electron chi connectivity index (χ1n) is 6.65. The molecule has 1 amide bonds. The minimum atomic E-state index is -0.716.